The molecule has 0 unspecified atom stereocenters. The Labute approximate surface area is 169 Å². The van der Waals surface area contributed by atoms with Gasteiger partial charge in [0.1, 0.15) is 11.7 Å². The Morgan fingerprint density at radius 2 is 2.10 bits per heavy atom. The molecule has 154 valence electrons. The maximum Gasteiger partial charge on any atom is 0.244 e. The van der Waals surface area contributed by atoms with Crippen molar-refractivity contribution in [3.63, 3.8) is 0 Å². The lowest BCUT2D eigenvalue weighted by Crippen LogP contribution is -2.48. The van der Waals surface area contributed by atoms with E-state index in [0.29, 0.717) is 37.6 Å². The molecule has 2 aliphatic heterocycles. The summed E-state index contributed by atoms with van der Waals surface area (Å²) < 4.78 is 23.0. The van der Waals surface area contributed by atoms with Crippen LogP contribution in [-0.4, -0.2) is 83.5 Å². The summed E-state index contributed by atoms with van der Waals surface area (Å²) in [5, 5.41) is 18.1. The molecule has 0 bridgehead atoms. The van der Waals surface area contributed by atoms with Gasteiger partial charge in [-0.2, -0.15) is 4.98 Å². The summed E-state index contributed by atoms with van der Waals surface area (Å²) in [5.41, 5.74) is 1.99. The highest BCUT2D eigenvalue weighted by Gasteiger charge is 2.39. The number of hydrogen-bond acceptors (Lipinski definition) is 8. The van der Waals surface area contributed by atoms with E-state index in [1.807, 2.05) is 12.3 Å². The van der Waals surface area contributed by atoms with Crippen LogP contribution in [0.4, 0.5) is 10.3 Å². The Hall–Kier alpha value is -3.31. The smallest absolute Gasteiger partial charge is 0.244 e. The van der Waals surface area contributed by atoms with E-state index in [2.05, 4.69) is 30.3 Å². The quantitative estimate of drug-likeness (QED) is 0.513. The minimum Gasteiger partial charge on any atom is -0.492 e. The van der Waals surface area contributed by atoms with E-state index in [1.165, 1.54) is 4.52 Å². The van der Waals surface area contributed by atoms with Crippen LogP contribution in [0.5, 0.6) is 5.88 Å². The number of likely N-dealkylation sites (tertiary alicyclic amines) is 1. The van der Waals surface area contributed by atoms with Gasteiger partial charge in [-0.15, -0.1) is 5.10 Å². The minimum absolute atomic E-state index is 0.184. The summed E-state index contributed by atoms with van der Waals surface area (Å²) in [7, 11) is 0. The molecule has 4 aromatic rings. The van der Waals surface area contributed by atoms with E-state index in [1.54, 1.807) is 29.2 Å². The van der Waals surface area contributed by atoms with Gasteiger partial charge >= 0.3 is 0 Å². The molecule has 0 spiro atoms. The fraction of sp³-hybridized carbons (Fsp3) is 0.368. The molecule has 2 fully saturated rings. The van der Waals surface area contributed by atoms with Gasteiger partial charge in [0.05, 0.1) is 25.3 Å². The third-order valence-corrected chi connectivity index (χ3v) is 5.78. The van der Waals surface area contributed by atoms with Gasteiger partial charge in [0.2, 0.25) is 17.6 Å². The zero-order chi connectivity index (χ0) is 20.2. The number of fused-ring (bicyclic) bond motifs is 2. The van der Waals surface area contributed by atoms with Crippen LogP contribution in [0.3, 0.4) is 0 Å². The Morgan fingerprint density at radius 1 is 1.20 bits per heavy atom. The van der Waals surface area contributed by atoms with E-state index in [-0.39, 0.29) is 17.9 Å². The molecule has 4 aromatic heterocycles. The highest BCUT2D eigenvalue weighted by molar-refractivity contribution is 5.83. The number of ether oxygens (including phenoxy) is 1. The van der Waals surface area contributed by atoms with Crippen molar-refractivity contribution in [2.24, 2.45) is 0 Å². The summed E-state index contributed by atoms with van der Waals surface area (Å²) in [6.07, 6.45) is 7.73. The first-order valence-corrected chi connectivity index (χ1v) is 9.75. The van der Waals surface area contributed by atoms with Gasteiger partial charge in [-0.05, 0) is 6.07 Å². The van der Waals surface area contributed by atoms with Gasteiger partial charge in [-0.25, -0.2) is 18.9 Å². The topological polar surface area (TPSA) is 105 Å². The van der Waals surface area contributed by atoms with Crippen molar-refractivity contribution in [3.05, 3.63) is 37.1 Å². The van der Waals surface area contributed by atoms with Crippen LogP contribution in [0.1, 0.15) is 0 Å². The molecule has 0 saturated carbocycles. The molecule has 6 heterocycles. The number of anilines is 1. The number of imidazole rings is 1. The van der Waals surface area contributed by atoms with Crippen molar-refractivity contribution in [2.75, 3.05) is 31.6 Å². The summed E-state index contributed by atoms with van der Waals surface area (Å²) >= 11 is 0. The monoisotopic (exact) mass is 410 g/mol. The number of alkyl halides is 1. The molecule has 0 aromatic carbocycles. The Balaban J connectivity index is 1.29. The average Bonchev–Trinajstić information content (AvgIpc) is 3.39. The third kappa shape index (κ3) is 2.77. The predicted molar refractivity (Wildman–Crippen MR) is 105 cm³/mol. The van der Waals surface area contributed by atoms with Crippen molar-refractivity contribution in [1.82, 2.24) is 33.9 Å². The highest BCUT2D eigenvalue weighted by atomic mass is 19.1. The Kier molecular flexibility index (Phi) is 3.86. The molecule has 2 atom stereocenters. The van der Waals surface area contributed by atoms with Crippen molar-refractivity contribution in [1.29, 1.82) is 0 Å². The molecule has 0 radical (unpaired) electrons. The summed E-state index contributed by atoms with van der Waals surface area (Å²) in [4.78, 5) is 14.7. The summed E-state index contributed by atoms with van der Waals surface area (Å²) in [6.45, 7) is 2.20. The second kappa shape index (κ2) is 6.61. The van der Waals surface area contributed by atoms with Crippen LogP contribution >= 0.6 is 0 Å². The molecule has 2 aliphatic rings. The number of nitrogens with one attached hydrogen (secondary N) is 1. The predicted octanol–water partition coefficient (Wildman–Crippen LogP) is 0.978. The van der Waals surface area contributed by atoms with Gasteiger partial charge in [-0.1, -0.05) is 0 Å². The maximum atomic E-state index is 14.5. The van der Waals surface area contributed by atoms with Crippen LogP contribution < -0.4 is 5.32 Å². The summed E-state index contributed by atoms with van der Waals surface area (Å²) in [5.74, 6) is 0.592. The lowest BCUT2D eigenvalue weighted by molar-refractivity contribution is -0.0585. The first-order chi connectivity index (χ1) is 14.7. The van der Waals surface area contributed by atoms with Gasteiger partial charge < -0.3 is 15.2 Å². The second-order valence-electron chi connectivity index (χ2n) is 7.67. The van der Waals surface area contributed by atoms with Crippen molar-refractivity contribution in [3.8, 4) is 17.0 Å². The van der Waals surface area contributed by atoms with Crippen molar-refractivity contribution < 1.29 is 14.2 Å². The van der Waals surface area contributed by atoms with E-state index in [4.69, 9.17) is 4.74 Å². The average molecular weight is 410 g/mol. The van der Waals surface area contributed by atoms with Crippen LogP contribution in [0.15, 0.2) is 37.1 Å². The molecule has 0 aliphatic carbocycles. The second-order valence-corrected chi connectivity index (χ2v) is 7.67. The SMILES string of the molecule is Oc1nc(N[C@@H]2CN(C3COC3)C[C@@H]2F)nn2ccc(-c3cnc4nccn4c3)c12. The number of halogens is 1. The van der Waals surface area contributed by atoms with Crippen LogP contribution in [0, 0.1) is 0 Å². The zero-order valence-electron chi connectivity index (χ0n) is 15.9. The van der Waals surface area contributed by atoms with Crippen molar-refractivity contribution in [2.45, 2.75) is 18.3 Å². The Bertz CT molecular complexity index is 1240. The molecule has 2 saturated heterocycles. The zero-order valence-corrected chi connectivity index (χ0v) is 15.9. The third-order valence-electron chi connectivity index (χ3n) is 5.78. The molecule has 0 amide bonds. The maximum absolute atomic E-state index is 14.5. The highest BCUT2D eigenvalue weighted by Crippen LogP contribution is 2.31. The van der Waals surface area contributed by atoms with E-state index >= 15 is 0 Å². The van der Waals surface area contributed by atoms with Crippen LogP contribution in [0.25, 0.3) is 22.4 Å². The molecular formula is C19H19FN8O2. The van der Waals surface area contributed by atoms with Gasteiger partial charge in [-0.3, -0.25) is 9.30 Å². The molecule has 11 heteroatoms. The first-order valence-electron chi connectivity index (χ1n) is 9.75. The van der Waals surface area contributed by atoms with E-state index in [0.717, 1.165) is 11.1 Å². The van der Waals surface area contributed by atoms with Crippen LogP contribution in [0.2, 0.25) is 0 Å². The molecule has 30 heavy (non-hydrogen) atoms. The lowest BCUT2D eigenvalue weighted by Gasteiger charge is -2.34. The standard InChI is InChI=1S/C19H19FN8O2/c20-14-7-27(12-9-30-10-12)8-15(14)23-18-24-17(29)16-13(1-3-28(16)25-18)11-5-22-19-21-2-4-26(19)6-11/h1-6,12,14-15H,7-10H2,(H2,23,24,25,29)/t14-,15+/m0/s1. The normalized spacial score (nSPS) is 22.7. The summed E-state index contributed by atoms with van der Waals surface area (Å²) in [6, 6.07) is 1.67. The Morgan fingerprint density at radius 3 is 2.93 bits per heavy atom. The first kappa shape index (κ1) is 17.5. The number of rotatable bonds is 4. The largest absolute Gasteiger partial charge is 0.492 e. The molecule has 10 nitrogen and oxygen atoms in total. The molecule has 6 rings (SSSR count). The van der Waals surface area contributed by atoms with E-state index < -0.39 is 12.2 Å². The molecular weight excluding hydrogens is 391 g/mol. The fourth-order valence-electron chi connectivity index (χ4n) is 4.08. The van der Waals surface area contributed by atoms with Gasteiger partial charge in [0.15, 0.2) is 0 Å². The number of nitrogens with zero attached hydrogens (tertiary/aromatic N) is 7. The number of hydrogen-bond donors (Lipinski definition) is 2. The number of aromatic hydroxyl groups is 1. The van der Waals surface area contributed by atoms with Gasteiger partial charge in [0, 0.05) is 55.2 Å². The fourth-order valence-corrected chi connectivity index (χ4v) is 4.08. The lowest BCUT2D eigenvalue weighted by atomic mass is 10.1. The van der Waals surface area contributed by atoms with Crippen LogP contribution in [-0.2, 0) is 4.74 Å². The number of aromatic nitrogens is 6. The van der Waals surface area contributed by atoms with Crippen molar-refractivity contribution >= 4 is 17.2 Å². The minimum atomic E-state index is -1.04. The van der Waals surface area contributed by atoms with E-state index in [9.17, 15) is 9.50 Å². The molecule has 2 N–H and O–H groups in total. The van der Waals surface area contributed by atoms with Gasteiger partial charge in [0.25, 0.3) is 0 Å².